The molecule has 0 bridgehead atoms. The number of fused-ring (bicyclic) bond motifs is 3. The molecule has 42 heavy (non-hydrogen) atoms. The van der Waals surface area contributed by atoms with Crippen LogP contribution in [0.5, 0.6) is 0 Å². The monoisotopic (exact) mass is 586 g/mol. The smallest absolute Gasteiger partial charge is 0.432 e. The van der Waals surface area contributed by atoms with Gasteiger partial charge in [-0.1, -0.05) is 48.5 Å². The third kappa shape index (κ3) is 5.54. The highest BCUT2D eigenvalue weighted by Crippen LogP contribution is 2.44. The number of halogens is 3. The summed E-state index contributed by atoms with van der Waals surface area (Å²) in [4.78, 5) is 46.3. The number of nitrogens with one attached hydrogen (secondary N) is 1. The van der Waals surface area contributed by atoms with Gasteiger partial charge in [-0.2, -0.15) is 13.2 Å². The van der Waals surface area contributed by atoms with Crippen molar-refractivity contribution in [3.05, 3.63) is 77.6 Å². The molecule has 12 heteroatoms. The van der Waals surface area contributed by atoms with E-state index in [4.69, 9.17) is 18.9 Å². The predicted molar refractivity (Wildman–Crippen MR) is 145 cm³/mol. The molecule has 0 saturated heterocycles. The van der Waals surface area contributed by atoms with Crippen molar-refractivity contribution in [1.29, 1.82) is 0 Å². The Balaban J connectivity index is 1.92. The molecule has 1 N–H and O–H groups in total. The first-order chi connectivity index (χ1) is 19.7. The van der Waals surface area contributed by atoms with Gasteiger partial charge in [0, 0.05) is 29.0 Å². The fraction of sp³-hybridized carbons (Fsp3) is 0.333. The number of aromatic amines is 1. The van der Waals surface area contributed by atoms with E-state index in [1.54, 1.807) is 45.0 Å². The molecule has 0 radical (unpaired) electrons. The lowest BCUT2D eigenvalue weighted by Crippen LogP contribution is -2.52. The largest absolute Gasteiger partial charge is 0.464 e. The van der Waals surface area contributed by atoms with Crippen LogP contribution in [0.2, 0.25) is 0 Å². The van der Waals surface area contributed by atoms with Gasteiger partial charge in [0.25, 0.3) is 5.60 Å². The fourth-order valence-corrected chi connectivity index (χ4v) is 4.45. The molecule has 0 unspecified atom stereocenters. The second-order valence-corrected chi connectivity index (χ2v) is 10.5. The number of benzene rings is 2. The molecule has 0 saturated carbocycles. The molecule has 0 amide bonds. The number of aromatic nitrogens is 2. The number of nitrogens with zero attached hydrogens (tertiary/aromatic N) is 1. The van der Waals surface area contributed by atoms with Crippen molar-refractivity contribution in [2.75, 3.05) is 20.8 Å². The zero-order valence-corrected chi connectivity index (χ0v) is 23.5. The maximum absolute atomic E-state index is 14.6. The molecule has 0 aliphatic rings. The summed E-state index contributed by atoms with van der Waals surface area (Å²) < 4.78 is 64.6. The molecule has 2 aromatic heterocycles. The quantitative estimate of drug-likeness (QED) is 0.204. The van der Waals surface area contributed by atoms with Gasteiger partial charge in [0.15, 0.2) is 6.10 Å². The zero-order chi connectivity index (χ0) is 30.9. The van der Waals surface area contributed by atoms with Crippen molar-refractivity contribution in [2.45, 2.75) is 38.7 Å². The minimum Gasteiger partial charge on any atom is -0.464 e. The van der Waals surface area contributed by atoms with E-state index in [2.05, 4.69) is 9.97 Å². The van der Waals surface area contributed by atoms with Crippen LogP contribution < -0.4 is 0 Å². The summed E-state index contributed by atoms with van der Waals surface area (Å²) >= 11 is 0. The van der Waals surface area contributed by atoms with E-state index in [0.29, 0.717) is 16.3 Å². The van der Waals surface area contributed by atoms with Crippen LogP contribution in [0, 0.1) is 5.41 Å². The summed E-state index contributed by atoms with van der Waals surface area (Å²) in [6.45, 7) is 4.03. The molecule has 4 aromatic rings. The fourth-order valence-electron chi connectivity index (χ4n) is 4.45. The number of para-hydroxylation sites is 1. The Bertz CT molecular complexity index is 1630. The highest BCUT2D eigenvalue weighted by molar-refractivity contribution is 6.09. The number of ether oxygens (including phenoxy) is 4. The Morgan fingerprint density at radius 2 is 1.55 bits per heavy atom. The van der Waals surface area contributed by atoms with Crippen molar-refractivity contribution in [1.82, 2.24) is 9.97 Å². The molecule has 0 fully saturated rings. The lowest BCUT2D eigenvalue weighted by atomic mass is 9.92. The van der Waals surface area contributed by atoms with Crippen molar-refractivity contribution in [3.8, 4) is 0 Å². The SMILES string of the molecule is COC(=O)c1cc2c([nH]c3ccccc32)c([C@@H](COC(=O)C(C)(C)C)OC(=O)[C@](OC)(c2ccccc2)C(F)(F)F)n1. The van der Waals surface area contributed by atoms with Crippen molar-refractivity contribution < 1.29 is 46.5 Å². The van der Waals surface area contributed by atoms with Gasteiger partial charge >= 0.3 is 24.1 Å². The zero-order valence-electron chi connectivity index (χ0n) is 23.5. The number of carbonyl (C=O) groups is 3. The standard InChI is InChI=1S/C30H29F3N2O7/c1-28(2,3)26(37)41-16-22(42-27(38)29(40-5,30(31,32)33)17-11-7-6-8-12-17)24-23-19(15-21(35-24)25(36)39-4)18-13-9-10-14-20(18)34-23/h6-15,22,34H,16H2,1-5H3/t22-,29-/m1/s1. The van der Waals surface area contributed by atoms with Gasteiger partial charge in [-0.25, -0.2) is 14.6 Å². The van der Waals surface area contributed by atoms with Crippen LogP contribution in [0.15, 0.2) is 60.7 Å². The number of methoxy groups -OCH3 is 2. The third-order valence-corrected chi connectivity index (χ3v) is 6.62. The van der Waals surface area contributed by atoms with Crippen LogP contribution >= 0.6 is 0 Å². The number of hydrogen-bond acceptors (Lipinski definition) is 8. The summed E-state index contributed by atoms with van der Waals surface area (Å²) in [5.74, 6) is -3.38. The van der Waals surface area contributed by atoms with Crippen LogP contribution in [-0.2, 0) is 34.1 Å². The molecular formula is C30H29F3N2O7. The second-order valence-electron chi connectivity index (χ2n) is 10.5. The molecule has 2 heterocycles. The third-order valence-electron chi connectivity index (χ3n) is 6.62. The highest BCUT2D eigenvalue weighted by atomic mass is 19.4. The van der Waals surface area contributed by atoms with Crippen LogP contribution in [0.1, 0.15) is 48.6 Å². The van der Waals surface area contributed by atoms with E-state index in [9.17, 15) is 27.6 Å². The molecule has 2 atom stereocenters. The molecule has 0 aliphatic heterocycles. The van der Waals surface area contributed by atoms with Crippen molar-refractivity contribution in [2.24, 2.45) is 5.41 Å². The van der Waals surface area contributed by atoms with E-state index in [-0.39, 0.29) is 16.9 Å². The number of alkyl halides is 3. The lowest BCUT2D eigenvalue weighted by Gasteiger charge is -2.33. The molecular weight excluding hydrogens is 557 g/mol. The molecule has 4 rings (SSSR count). The van der Waals surface area contributed by atoms with Crippen LogP contribution in [0.3, 0.4) is 0 Å². The van der Waals surface area contributed by atoms with E-state index >= 15 is 0 Å². The normalized spacial score (nSPS) is 14.3. The first kappa shape index (κ1) is 30.5. The first-order valence-electron chi connectivity index (χ1n) is 12.8. The Morgan fingerprint density at radius 1 is 0.905 bits per heavy atom. The van der Waals surface area contributed by atoms with Gasteiger partial charge in [-0.15, -0.1) is 0 Å². The molecule has 0 aliphatic carbocycles. The summed E-state index contributed by atoms with van der Waals surface area (Å²) in [5, 5.41) is 1.11. The van der Waals surface area contributed by atoms with E-state index in [1.807, 2.05) is 0 Å². The van der Waals surface area contributed by atoms with E-state index in [0.717, 1.165) is 26.4 Å². The van der Waals surface area contributed by atoms with Gasteiger partial charge in [0.1, 0.15) is 18.0 Å². The second kappa shape index (κ2) is 11.4. The Morgan fingerprint density at radius 3 is 2.14 bits per heavy atom. The summed E-state index contributed by atoms with van der Waals surface area (Å²) in [5.41, 5.74) is -4.53. The molecule has 9 nitrogen and oxygen atoms in total. The highest BCUT2D eigenvalue weighted by Gasteiger charge is 2.64. The molecule has 222 valence electrons. The van der Waals surface area contributed by atoms with Crippen LogP contribution in [0.4, 0.5) is 13.2 Å². The topological polar surface area (TPSA) is 117 Å². The average Bonchev–Trinajstić information content (AvgIpc) is 3.33. The van der Waals surface area contributed by atoms with E-state index < -0.39 is 53.4 Å². The van der Waals surface area contributed by atoms with Gasteiger partial charge in [0.2, 0.25) is 0 Å². The van der Waals surface area contributed by atoms with Crippen molar-refractivity contribution in [3.63, 3.8) is 0 Å². The number of pyridine rings is 1. The average molecular weight is 587 g/mol. The summed E-state index contributed by atoms with van der Waals surface area (Å²) in [6, 6.07) is 14.7. The van der Waals surface area contributed by atoms with Crippen LogP contribution in [0.25, 0.3) is 21.8 Å². The minimum absolute atomic E-state index is 0.153. The maximum atomic E-state index is 14.6. The number of H-pyrrole nitrogens is 1. The van der Waals surface area contributed by atoms with Gasteiger partial charge < -0.3 is 23.9 Å². The van der Waals surface area contributed by atoms with Crippen molar-refractivity contribution >= 4 is 39.7 Å². The first-order valence-corrected chi connectivity index (χ1v) is 12.8. The lowest BCUT2D eigenvalue weighted by molar-refractivity contribution is -0.279. The number of carbonyl (C=O) groups excluding carboxylic acids is 3. The minimum atomic E-state index is -5.26. The summed E-state index contributed by atoms with van der Waals surface area (Å²) in [7, 11) is 1.88. The van der Waals surface area contributed by atoms with E-state index in [1.165, 1.54) is 24.3 Å². The Kier molecular flexibility index (Phi) is 8.31. The number of esters is 3. The number of hydrogen-bond donors (Lipinski definition) is 1. The Hall–Kier alpha value is -4.45. The maximum Gasteiger partial charge on any atom is 0.432 e. The van der Waals surface area contributed by atoms with Crippen LogP contribution in [-0.4, -0.2) is 54.9 Å². The predicted octanol–water partition coefficient (Wildman–Crippen LogP) is 5.78. The number of rotatable bonds is 8. The molecule has 0 spiro atoms. The van der Waals surface area contributed by atoms with Gasteiger partial charge in [0.05, 0.1) is 18.0 Å². The van der Waals surface area contributed by atoms with Gasteiger partial charge in [-0.3, -0.25) is 4.79 Å². The molecule has 2 aromatic carbocycles. The van der Waals surface area contributed by atoms with Gasteiger partial charge in [-0.05, 0) is 32.9 Å². The Labute approximate surface area is 238 Å². The summed E-state index contributed by atoms with van der Waals surface area (Å²) in [6.07, 6.45) is -6.96.